The van der Waals surface area contributed by atoms with E-state index < -0.39 is 0 Å². The average molecular weight is 383 g/mol. The molecule has 0 radical (unpaired) electrons. The van der Waals surface area contributed by atoms with Gasteiger partial charge in [-0.3, -0.25) is 4.79 Å². The summed E-state index contributed by atoms with van der Waals surface area (Å²) in [7, 11) is 0. The number of halogens is 2. The maximum absolute atomic E-state index is 12.3. The summed E-state index contributed by atoms with van der Waals surface area (Å²) >= 11 is 0. The van der Waals surface area contributed by atoms with Gasteiger partial charge in [0.15, 0.2) is 0 Å². The van der Waals surface area contributed by atoms with Crippen LogP contribution in [0.2, 0.25) is 0 Å². The number of carbonyl (C=O) groups is 1. The molecule has 1 aromatic heterocycles. The van der Waals surface area contributed by atoms with Crippen LogP contribution in [0.25, 0.3) is 0 Å². The summed E-state index contributed by atoms with van der Waals surface area (Å²) in [6.45, 7) is 4.51. The lowest BCUT2D eigenvalue weighted by Crippen LogP contribution is -2.24. The van der Waals surface area contributed by atoms with Crippen molar-refractivity contribution < 1.29 is 4.79 Å². The number of hydrogen-bond donors (Lipinski definition) is 2. The van der Waals surface area contributed by atoms with Gasteiger partial charge in [-0.1, -0.05) is 6.07 Å². The molecule has 25 heavy (non-hydrogen) atoms. The highest BCUT2D eigenvalue weighted by molar-refractivity contribution is 5.96. The quantitative estimate of drug-likeness (QED) is 0.795. The van der Waals surface area contributed by atoms with Gasteiger partial charge in [0.25, 0.3) is 5.91 Å². The lowest BCUT2D eigenvalue weighted by atomic mass is 10.1. The van der Waals surface area contributed by atoms with Gasteiger partial charge in [0, 0.05) is 37.1 Å². The molecule has 7 heteroatoms. The number of anilines is 2. The van der Waals surface area contributed by atoms with E-state index >= 15 is 0 Å². The fourth-order valence-corrected chi connectivity index (χ4v) is 2.85. The van der Waals surface area contributed by atoms with Crippen LogP contribution < -0.4 is 16.0 Å². The van der Waals surface area contributed by atoms with Crippen molar-refractivity contribution in [3.8, 4) is 0 Å². The summed E-state index contributed by atoms with van der Waals surface area (Å²) in [4.78, 5) is 19.1. The Labute approximate surface area is 160 Å². The number of carbonyl (C=O) groups excluding carboxylic acids is 1. The van der Waals surface area contributed by atoms with Crippen molar-refractivity contribution in [1.29, 1.82) is 0 Å². The van der Waals surface area contributed by atoms with E-state index in [1.807, 2.05) is 19.1 Å². The summed E-state index contributed by atoms with van der Waals surface area (Å²) < 4.78 is 0. The molecule has 136 valence electrons. The van der Waals surface area contributed by atoms with E-state index in [0.29, 0.717) is 17.8 Å². The SMILES string of the molecule is Cc1ccc(N)cc1C(=O)NCc1ccnc(N2CCCC2)c1.Cl.Cl. The molecule has 0 bridgehead atoms. The molecular weight excluding hydrogens is 359 g/mol. The van der Waals surface area contributed by atoms with E-state index in [1.54, 1.807) is 18.3 Å². The van der Waals surface area contributed by atoms with Crippen molar-refractivity contribution >= 4 is 42.2 Å². The summed E-state index contributed by atoms with van der Waals surface area (Å²) in [6, 6.07) is 9.37. The highest BCUT2D eigenvalue weighted by Gasteiger charge is 2.14. The Bertz CT molecular complexity index is 718. The van der Waals surface area contributed by atoms with E-state index in [0.717, 1.165) is 30.0 Å². The third kappa shape index (κ3) is 5.25. The number of amides is 1. The van der Waals surface area contributed by atoms with Crippen molar-refractivity contribution in [1.82, 2.24) is 10.3 Å². The van der Waals surface area contributed by atoms with Gasteiger partial charge in [-0.05, 0) is 55.2 Å². The molecule has 2 heterocycles. The molecule has 1 aliphatic heterocycles. The molecule has 1 fully saturated rings. The van der Waals surface area contributed by atoms with Crippen LogP contribution in [0.4, 0.5) is 11.5 Å². The zero-order valence-corrected chi connectivity index (χ0v) is 15.8. The lowest BCUT2D eigenvalue weighted by molar-refractivity contribution is 0.0950. The number of nitrogens with two attached hydrogens (primary N) is 1. The largest absolute Gasteiger partial charge is 0.399 e. The minimum atomic E-state index is -0.102. The number of nitrogen functional groups attached to an aromatic ring is 1. The molecule has 1 saturated heterocycles. The van der Waals surface area contributed by atoms with Gasteiger partial charge in [-0.2, -0.15) is 0 Å². The van der Waals surface area contributed by atoms with Crippen molar-refractivity contribution in [3.05, 3.63) is 53.2 Å². The number of pyridine rings is 1. The second-order valence-corrected chi connectivity index (χ2v) is 5.97. The van der Waals surface area contributed by atoms with E-state index in [9.17, 15) is 4.79 Å². The number of nitrogens with one attached hydrogen (secondary N) is 1. The second-order valence-electron chi connectivity index (χ2n) is 5.97. The molecule has 0 atom stereocenters. The monoisotopic (exact) mass is 382 g/mol. The first-order valence-electron chi connectivity index (χ1n) is 7.98. The molecule has 3 rings (SSSR count). The third-order valence-electron chi connectivity index (χ3n) is 4.20. The Hall–Kier alpha value is -1.98. The predicted molar refractivity (Wildman–Crippen MR) is 107 cm³/mol. The molecular formula is C18H24Cl2N4O. The Morgan fingerprint density at radius 1 is 1.20 bits per heavy atom. The summed E-state index contributed by atoms with van der Waals surface area (Å²) in [6.07, 6.45) is 4.25. The predicted octanol–water partition coefficient (Wildman–Crippen LogP) is 3.35. The zero-order chi connectivity index (χ0) is 16.2. The van der Waals surface area contributed by atoms with Gasteiger partial charge in [0.05, 0.1) is 0 Å². The van der Waals surface area contributed by atoms with Crippen LogP contribution in [-0.2, 0) is 6.54 Å². The molecule has 0 saturated carbocycles. The molecule has 0 spiro atoms. The first kappa shape index (κ1) is 21.1. The van der Waals surface area contributed by atoms with E-state index in [-0.39, 0.29) is 30.7 Å². The molecule has 3 N–H and O–H groups in total. The van der Waals surface area contributed by atoms with Gasteiger partial charge in [0.1, 0.15) is 5.82 Å². The number of aryl methyl sites for hydroxylation is 1. The Balaban J connectivity index is 0.00000156. The Morgan fingerprint density at radius 2 is 1.92 bits per heavy atom. The molecule has 0 aliphatic carbocycles. The smallest absolute Gasteiger partial charge is 0.251 e. The van der Waals surface area contributed by atoms with Gasteiger partial charge in [-0.25, -0.2) is 4.98 Å². The maximum Gasteiger partial charge on any atom is 0.251 e. The molecule has 0 unspecified atom stereocenters. The molecule has 1 aliphatic rings. The minimum absolute atomic E-state index is 0. The minimum Gasteiger partial charge on any atom is -0.399 e. The van der Waals surface area contributed by atoms with E-state index in [1.165, 1.54) is 12.8 Å². The summed E-state index contributed by atoms with van der Waals surface area (Å²) in [5, 5.41) is 2.96. The average Bonchev–Trinajstić information content (AvgIpc) is 3.10. The van der Waals surface area contributed by atoms with Gasteiger partial charge in [-0.15, -0.1) is 24.8 Å². The third-order valence-corrected chi connectivity index (χ3v) is 4.20. The Morgan fingerprint density at radius 3 is 2.64 bits per heavy atom. The van der Waals surface area contributed by atoms with Crippen LogP contribution in [-0.4, -0.2) is 24.0 Å². The Kier molecular flexibility index (Phi) is 8.00. The second kappa shape index (κ2) is 9.49. The van der Waals surface area contributed by atoms with Crippen molar-refractivity contribution in [2.75, 3.05) is 23.7 Å². The normalized spacial score (nSPS) is 12.9. The highest BCUT2D eigenvalue weighted by Crippen LogP contribution is 2.18. The highest BCUT2D eigenvalue weighted by atomic mass is 35.5. The van der Waals surface area contributed by atoms with Crippen LogP contribution >= 0.6 is 24.8 Å². The summed E-state index contributed by atoms with van der Waals surface area (Å²) in [5.74, 6) is 0.892. The number of rotatable bonds is 4. The number of nitrogens with zero attached hydrogens (tertiary/aromatic N) is 2. The number of hydrogen-bond acceptors (Lipinski definition) is 4. The molecule has 5 nitrogen and oxygen atoms in total. The van der Waals surface area contributed by atoms with Gasteiger partial charge in [0.2, 0.25) is 0 Å². The van der Waals surface area contributed by atoms with Crippen LogP contribution in [0, 0.1) is 6.92 Å². The van der Waals surface area contributed by atoms with Crippen molar-refractivity contribution in [2.24, 2.45) is 0 Å². The first-order valence-corrected chi connectivity index (χ1v) is 7.98. The van der Waals surface area contributed by atoms with Crippen LogP contribution in [0.15, 0.2) is 36.5 Å². The molecule has 2 aromatic rings. The van der Waals surface area contributed by atoms with E-state index in [2.05, 4.69) is 21.3 Å². The van der Waals surface area contributed by atoms with Crippen molar-refractivity contribution in [3.63, 3.8) is 0 Å². The van der Waals surface area contributed by atoms with Crippen LogP contribution in [0.1, 0.15) is 34.3 Å². The first-order chi connectivity index (χ1) is 11.1. The standard InChI is InChI=1S/C18H22N4O.2ClH/c1-13-4-5-15(19)11-16(13)18(23)21-12-14-6-7-20-17(10-14)22-8-2-3-9-22;;/h4-7,10-11H,2-3,8-9,12,19H2,1H3,(H,21,23);2*1H. The van der Waals surface area contributed by atoms with Crippen LogP contribution in [0.3, 0.4) is 0 Å². The fraction of sp³-hybridized carbons (Fsp3) is 0.333. The fourth-order valence-electron chi connectivity index (χ4n) is 2.85. The van der Waals surface area contributed by atoms with Gasteiger partial charge >= 0.3 is 0 Å². The van der Waals surface area contributed by atoms with Gasteiger partial charge < -0.3 is 16.0 Å². The topological polar surface area (TPSA) is 71.2 Å². The lowest BCUT2D eigenvalue weighted by Gasteiger charge is -2.17. The number of benzene rings is 1. The summed E-state index contributed by atoms with van der Waals surface area (Å²) in [5.41, 5.74) is 8.96. The van der Waals surface area contributed by atoms with Crippen molar-refractivity contribution in [2.45, 2.75) is 26.3 Å². The molecule has 1 aromatic carbocycles. The van der Waals surface area contributed by atoms with Crippen LogP contribution in [0.5, 0.6) is 0 Å². The number of aromatic nitrogens is 1. The zero-order valence-electron chi connectivity index (χ0n) is 14.2. The van der Waals surface area contributed by atoms with E-state index in [4.69, 9.17) is 5.73 Å². The molecule has 1 amide bonds. The maximum atomic E-state index is 12.3.